The molecule has 0 bridgehead atoms. The lowest BCUT2D eigenvalue weighted by Gasteiger charge is -2.37. The van der Waals surface area contributed by atoms with Crippen molar-refractivity contribution in [1.29, 1.82) is 0 Å². The largest absolute Gasteiger partial charge is 0.480 e. The summed E-state index contributed by atoms with van der Waals surface area (Å²) in [6.07, 6.45) is 0.0155. The van der Waals surface area contributed by atoms with E-state index in [4.69, 9.17) is 4.74 Å². The second kappa shape index (κ2) is 6.93. The van der Waals surface area contributed by atoms with Gasteiger partial charge >= 0.3 is 11.9 Å². The molecule has 1 amide bonds. The molecule has 1 aromatic rings. The molecule has 1 N–H and O–H groups in total. The van der Waals surface area contributed by atoms with E-state index in [-0.39, 0.29) is 12.3 Å². The molecule has 0 unspecified atom stereocenters. The summed E-state index contributed by atoms with van der Waals surface area (Å²) in [5.41, 5.74) is -2.63. The van der Waals surface area contributed by atoms with Crippen molar-refractivity contribution in [3.05, 3.63) is 22.4 Å². The molecule has 7 heteroatoms. The highest BCUT2D eigenvalue weighted by molar-refractivity contribution is 7.10. The molecule has 0 aliphatic carbocycles. The SMILES string of the molecule is CC(C)(C)OC(=O)[C@@]1(C)C[C@@H](C(=O)O)N(C(=O)C(C)(C)C)[C@@H]1c1cccs1. The van der Waals surface area contributed by atoms with Crippen LogP contribution in [-0.4, -0.2) is 39.5 Å². The molecule has 1 aliphatic heterocycles. The summed E-state index contributed by atoms with van der Waals surface area (Å²) in [4.78, 5) is 40.5. The minimum atomic E-state index is -1.15. The summed E-state index contributed by atoms with van der Waals surface area (Å²) in [6, 6.07) is 1.91. The molecule has 6 nitrogen and oxygen atoms in total. The van der Waals surface area contributed by atoms with E-state index >= 15 is 0 Å². The topological polar surface area (TPSA) is 83.9 Å². The van der Waals surface area contributed by atoms with Crippen molar-refractivity contribution >= 4 is 29.2 Å². The maximum atomic E-state index is 13.2. The van der Waals surface area contributed by atoms with Crippen molar-refractivity contribution in [2.24, 2.45) is 10.8 Å². The van der Waals surface area contributed by atoms with Crippen LogP contribution in [0.5, 0.6) is 0 Å². The molecule has 1 saturated heterocycles. The molecule has 2 heterocycles. The number of carbonyl (C=O) groups excluding carboxylic acids is 2. The number of carboxylic acid groups (broad SMARTS) is 1. The van der Waals surface area contributed by atoms with E-state index in [2.05, 4.69) is 0 Å². The van der Waals surface area contributed by atoms with Crippen LogP contribution in [0.15, 0.2) is 17.5 Å². The third kappa shape index (κ3) is 4.18. The van der Waals surface area contributed by atoms with Crippen molar-refractivity contribution in [2.45, 2.75) is 72.6 Å². The van der Waals surface area contributed by atoms with E-state index in [1.54, 1.807) is 48.5 Å². The zero-order valence-electron chi connectivity index (χ0n) is 17.0. The third-order valence-corrected chi connectivity index (χ3v) is 5.60. The summed E-state index contributed by atoms with van der Waals surface area (Å²) >= 11 is 1.41. The first-order chi connectivity index (χ1) is 12.2. The highest BCUT2D eigenvalue weighted by atomic mass is 32.1. The fraction of sp³-hybridized carbons (Fsp3) is 0.650. The van der Waals surface area contributed by atoms with E-state index in [0.717, 1.165) is 4.88 Å². The Hall–Kier alpha value is -1.89. The van der Waals surface area contributed by atoms with Crippen LogP contribution in [0.25, 0.3) is 0 Å². The number of thiophene rings is 1. The molecule has 150 valence electrons. The van der Waals surface area contributed by atoms with Gasteiger partial charge in [0, 0.05) is 10.3 Å². The Labute approximate surface area is 164 Å². The Balaban J connectivity index is 2.62. The molecular weight excluding hydrogens is 366 g/mol. The first kappa shape index (κ1) is 21.4. The van der Waals surface area contributed by atoms with Crippen LogP contribution < -0.4 is 0 Å². The Morgan fingerprint density at radius 3 is 2.22 bits per heavy atom. The van der Waals surface area contributed by atoms with Crippen LogP contribution in [-0.2, 0) is 19.1 Å². The fourth-order valence-electron chi connectivity index (χ4n) is 3.44. The summed E-state index contributed by atoms with van der Waals surface area (Å²) in [5, 5.41) is 11.7. The van der Waals surface area contributed by atoms with Crippen LogP contribution in [0.3, 0.4) is 0 Å². The van der Waals surface area contributed by atoms with E-state index in [9.17, 15) is 19.5 Å². The predicted octanol–water partition coefficient (Wildman–Crippen LogP) is 3.87. The lowest BCUT2D eigenvalue weighted by Crippen LogP contribution is -2.48. The molecule has 0 aromatic carbocycles. The second-order valence-corrected chi connectivity index (χ2v) is 10.3. The molecular formula is C20H29NO5S. The maximum Gasteiger partial charge on any atom is 0.326 e. The van der Waals surface area contributed by atoms with Crippen LogP contribution in [0.1, 0.15) is 65.8 Å². The van der Waals surface area contributed by atoms with Gasteiger partial charge in [-0.25, -0.2) is 4.79 Å². The van der Waals surface area contributed by atoms with Gasteiger partial charge in [0.15, 0.2) is 0 Å². The standard InChI is InChI=1S/C20H29NO5S/c1-18(2,3)16(24)21-12(15(22)23)11-20(7,17(25)26-19(4,5)6)14(21)13-9-8-10-27-13/h8-10,12,14H,11H2,1-7H3,(H,22,23)/t12-,14+,20-/m0/s1. The van der Waals surface area contributed by atoms with Gasteiger partial charge in [-0.1, -0.05) is 26.8 Å². The van der Waals surface area contributed by atoms with Crippen molar-refractivity contribution in [2.75, 3.05) is 0 Å². The smallest absolute Gasteiger partial charge is 0.326 e. The molecule has 1 fully saturated rings. The first-order valence-corrected chi connectivity index (χ1v) is 9.89. The van der Waals surface area contributed by atoms with E-state index in [1.165, 1.54) is 16.2 Å². The summed E-state index contributed by atoms with van der Waals surface area (Å²) in [7, 11) is 0. The number of aliphatic carboxylic acids is 1. The predicted molar refractivity (Wildman–Crippen MR) is 103 cm³/mol. The van der Waals surface area contributed by atoms with Crippen molar-refractivity contribution in [3.8, 4) is 0 Å². The third-order valence-electron chi connectivity index (χ3n) is 4.67. The van der Waals surface area contributed by atoms with E-state index in [0.29, 0.717) is 0 Å². The average Bonchev–Trinajstić information content (AvgIpc) is 3.09. The number of likely N-dealkylation sites (tertiary alicyclic amines) is 1. The summed E-state index contributed by atoms with van der Waals surface area (Å²) in [5.74, 6) is -1.88. The van der Waals surface area contributed by atoms with Crippen LogP contribution >= 0.6 is 11.3 Å². The number of amides is 1. The Kier molecular flexibility index (Phi) is 5.49. The number of carbonyl (C=O) groups is 3. The van der Waals surface area contributed by atoms with Crippen LogP contribution in [0.2, 0.25) is 0 Å². The lowest BCUT2D eigenvalue weighted by molar-refractivity contribution is -0.169. The van der Waals surface area contributed by atoms with E-state index in [1.807, 2.05) is 17.5 Å². The van der Waals surface area contributed by atoms with Crippen molar-refractivity contribution in [1.82, 2.24) is 4.90 Å². The monoisotopic (exact) mass is 395 g/mol. The number of carboxylic acids is 1. The van der Waals surface area contributed by atoms with Crippen LogP contribution in [0.4, 0.5) is 0 Å². The number of rotatable bonds is 3. The molecule has 27 heavy (non-hydrogen) atoms. The number of esters is 1. The maximum absolute atomic E-state index is 13.2. The van der Waals surface area contributed by atoms with Gasteiger partial charge in [0.05, 0.1) is 11.5 Å². The van der Waals surface area contributed by atoms with Gasteiger partial charge in [0.1, 0.15) is 11.6 Å². The van der Waals surface area contributed by atoms with Gasteiger partial charge in [-0.05, 0) is 45.6 Å². The molecule has 2 rings (SSSR count). The molecule has 0 saturated carbocycles. The van der Waals surface area contributed by atoms with Gasteiger partial charge < -0.3 is 14.7 Å². The molecule has 3 atom stereocenters. The highest BCUT2D eigenvalue weighted by Crippen LogP contribution is 2.53. The van der Waals surface area contributed by atoms with Gasteiger partial charge in [-0.15, -0.1) is 11.3 Å². The van der Waals surface area contributed by atoms with Gasteiger partial charge in [0.25, 0.3) is 0 Å². The quantitative estimate of drug-likeness (QED) is 0.786. The van der Waals surface area contributed by atoms with Crippen LogP contribution in [0, 0.1) is 10.8 Å². The van der Waals surface area contributed by atoms with Gasteiger partial charge in [-0.2, -0.15) is 0 Å². The fourth-order valence-corrected chi connectivity index (χ4v) is 4.41. The average molecular weight is 396 g/mol. The van der Waals surface area contributed by atoms with Crippen molar-refractivity contribution < 1.29 is 24.2 Å². The first-order valence-electron chi connectivity index (χ1n) is 9.01. The summed E-state index contributed by atoms with van der Waals surface area (Å²) in [6.45, 7) is 12.3. The highest BCUT2D eigenvalue weighted by Gasteiger charge is 2.60. The molecule has 1 aliphatic rings. The van der Waals surface area contributed by atoms with E-state index < -0.39 is 40.5 Å². The minimum absolute atomic E-state index is 0.0155. The van der Waals surface area contributed by atoms with Crippen molar-refractivity contribution in [3.63, 3.8) is 0 Å². The second-order valence-electron chi connectivity index (χ2n) is 9.36. The van der Waals surface area contributed by atoms with Gasteiger partial charge in [-0.3, -0.25) is 9.59 Å². The number of hydrogen-bond acceptors (Lipinski definition) is 5. The number of ether oxygens (including phenoxy) is 1. The van der Waals surface area contributed by atoms with Gasteiger partial charge in [0.2, 0.25) is 5.91 Å². The normalized spacial score (nSPS) is 26.1. The minimum Gasteiger partial charge on any atom is -0.480 e. The molecule has 1 aromatic heterocycles. The lowest BCUT2D eigenvalue weighted by atomic mass is 9.80. The molecule has 0 spiro atoms. The number of nitrogens with zero attached hydrogens (tertiary/aromatic N) is 1. The Morgan fingerprint density at radius 1 is 1.22 bits per heavy atom. The summed E-state index contributed by atoms with van der Waals surface area (Å²) < 4.78 is 5.63. The zero-order valence-corrected chi connectivity index (χ0v) is 17.8. The Morgan fingerprint density at radius 2 is 1.81 bits per heavy atom. The zero-order chi connectivity index (χ0) is 20.8. The Bertz CT molecular complexity index is 729. The molecule has 0 radical (unpaired) electrons. The number of hydrogen-bond donors (Lipinski definition) is 1.